The third-order valence-electron chi connectivity index (χ3n) is 7.40. The van der Waals surface area contributed by atoms with E-state index >= 15 is 0 Å². The van der Waals surface area contributed by atoms with E-state index in [-0.39, 0.29) is 6.61 Å². The van der Waals surface area contributed by atoms with Gasteiger partial charge in [0.05, 0.1) is 12.8 Å². The van der Waals surface area contributed by atoms with Crippen LogP contribution in [-0.2, 0) is 12.8 Å². The molecule has 1 aliphatic carbocycles. The Morgan fingerprint density at radius 1 is 1.03 bits per heavy atom. The average Bonchev–Trinajstić information content (AvgIpc) is 3.05. The second kappa shape index (κ2) is 11.0. The first-order chi connectivity index (χ1) is 17.1. The van der Waals surface area contributed by atoms with Gasteiger partial charge in [-0.05, 0) is 104 Å². The molecule has 3 aromatic rings. The van der Waals surface area contributed by atoms with Gasteiger partial charge in [0.2, 0.25) is 0 Å². The Morgan fingerprint density at radius 3 is 2.54 bits per heavy atom. The number of aliphatic hydroxyl groups excluding tert-OH is 1. The lowest BCUT2D eigenvalue weighted by Crippen LogP contribution is -2.41. The lowest BCUT2D eigenvalue weighted by atomic mass is 9.76. The molecule has 0 spiro atoms. The summed E-state index contributed by atoms with van der Waals surface area (Å²) in [5.74, 6) is 2.34. The van der Waals surface area contributed by atoms with Gasteiger partial charge in [-0.3, -0.25) is 4.98 Å². The Labute approximate surface area is 212 Å². The monoisotopic (exact) mass is 492 g/mol. The highest BCUT2D eigenvalue weighted by molar-refractivity contribution is 6.30. The van der Waals surface area contributed by atoms with E-state index in [9.17, 15) is 5.11 Å². The van der Waals surface area contributed by atoms with E-state index in [1.165, 1.54) is 22.4 Å². The first-order valence-electron chi connectivity index (χ1n) is 12.5. The molecule has 0 amide bonds. The molecule has 6 heteroatoms. The molecular weight excluding hydrogens is 460 g/mol. The van der Waals surface area contributed by atoms with Crippen molar-refractivity contribution in [1.29, 1.82) is 0 Å². The number of aromatic nitrogens is 1. The molecule has 2 aromatic carbocycles. The maximum Gasteiger partial charge on any atom is 0.119 e. The SMILES string of the molecule is COc1ccc(OCC(O)CN2CCC(C3c4ccc(Cl)cc4CCc4cccnc43)CC2)cc1. The number of methoxy groups -OCH3 is 1. The minimum Gasteiger partial charge on any atom is -0.497 e. The third kappa shape index (κ3) is 5.64. The quantitative estimate of drug-likeness (QED) is 0.495. The fraction of sp³-hybridized carbons (Fsp3) is 0.414. The van der Waals surface area contributed by atoms with Crippen molar-refractivity contribution in [3.63, 3.8) is 0 Å². The average molecular weight is 493 g/mol. The molecule has 2 unspecified atom stereocenters. The highest BCUT2D eigenvalue weighted by Gasteiger charge is 2.34. The fourth-order valence-corrected chi connectivity index (χ4v) is 5.81. The van der Waals surface area contributed by atoms with E-state index in [0.717, 1.165) is 55.3 Å². The van der Waals surface area contributed by atoms with Crippen LogP contribution in [0.1, 0.15) is 41.1 Å². The number of pyridine rings is 1. The van der Waals surface area contributed by atoms with Crippen molar-refractivity contribution in [3.8, 4) is 11.5 Å². The van der Waals surface area contributed by atoms with Gasteiger partial charge in [-0.15, -0.1) is 0 Å². The number of aryl methyl sites for hydroxylation is 2. The third-order valence-corrected chi connectivity index (χ3v) is 7.63. The van der Waals surface area contributed by atoms with Crippen molar-refractivity contribution in [1.82, 2.24) is 9.88 Å². The molecule has 5 rings (SSSR count). The highest BCUT2D eigenvalue weighted by atomic mass is 35.5. The van der Waals surface area contributed by atoms with Gasteiger partial charge >= 0.3 is 0 Å². The molecular formula is C29H33ClN2O3. The summed E-state index contributed by atoms with van der Waals surface area (Å²) in [5.41, 5.74) is 5.34. The van der Waals surface area contributed by atoms with Crippen LogP contribution in [0.2, 0.25) is 5.02 Å². The number of ether oxygens (including phenoxy) is 2. The van der Waals surface area contributed by atoms with Gasteiger partial charge in [0.25, 0.3) is 0 Å². The summed E-state index contributed by atoms with van der Waals surface area (Å²) in [4.78, 5) is 7.24. The number of benzene rings is 2. The van der Waals surface area contributed by atoms with Gasteiger partial charge in [0.15, 0.2) is 0 Å². The standard InChI is InChI=1S/C29H33ClN2O3/c1-34-25-7-9-26(10-8-25)35-19-24(33)18-32-15-12-20(13-16-32)28-27-11-6-23(30)17-22(27)5-4-21-3-2-14-31-29(21)28/h2-3,6-11,14,17,20,24,28,33H,4-5,12-13,15-16,18-19H2,1H3. The Kier molecular flexibility index (Phi) is 7.57. The topological polar surface area (TPSA) is 54.8 Å². The molecule has 5 nitrogen and oxygen atoms in total. The van der Waals surface area contributed by atoms with Crippen LogP contribution in [0.15, 0.2) is 60.8 Å². The van der Waals surface area contributed by atoms with E-state index in [1.54, 1.807) is 7.11 Å². The molecule has 2 heterocycles. The number of nitrogens with zero attached hydrogens (tertiary/aromatic N) is 2. The minimum absolute atomic E-state index is 0.278. The minimum atomic E-state index is -0.531. The van der Waals surface area contributed by atoms with Gasteiger partial charge in [-0.2, -0.15) is 0 Å². The molecule has 2 atom stereocenters. The van der Waals surface area contributed by atoms with Gasteiger partial charge in [-0.1, -0.05) is 23.7 Å². The first-order valence-corrected chi connectivity index (χ1v) is 12.9. The van der Waals surface area contributed by atoms with Crippen molar-refractivity contribution in [2.24, 2.45) is 5.92 Å². The van der Waals surface area contributed by atoms with Crippen molar-refractivity contribution in [2.45, 2.75) is 37.7 Å². The zero-order valence-corrected chi connectivity index (χ0v) is 21.0. The predicted octanol–water partition coefficient (Wildman–Crippen LogP) is 5.13. The number of fused-ring (bicyclic) bond motifs is 2. The molecule has 1 fully saturated rings. The molecule has 0 bridgehead atoms. The zero-order chi connectivity index (χ0) is 24.2. The lowest BCUT2D eigenvalue weighted by Gasteiger charge is -2.37. The van der Waals surface area contributed by atoms with Crippen LogP contribution in [0.4, 0.5) is 0 Å². The number of halogens is 1. The van der Waals surface area contributed by atoms with Crippen LogP contribution >= 0.6 is 11.6 Å². The van der Waals surface area contributed by atoms with Crippen molar-refractivity contribution < 1.29 is 14.6 Å². The number of likely N-dealkylation sites (tertiary alicyclic amines) is 1. The van der Waals surface area contributed by atoms with Crippen molar-refractivity contribution in [2.75, 3.05) is 33.4 Å². The van der Waals surface area contributed by atoms with E-state index in [4.69, 9.17) is 26.1 Å². The summed E-state index contributed by atoms with van der Waals surface area (Å²) < 4.78 is 11.0. The van der Waals surface area contributed by atoms with E-state index in [1.807, 2.05) is 36.5 Å². The number of piperidine rings is 1. The van der Waals surface area contributed by atoms with Gasteiger partial charge < -0.3 is 19.5 Å². The molecule has 1 N–H and O–H groups in total. The number of rotatable bonds is 7. The second-order valence-corrected chi connectivity index (χ2v) is 10.1. The van der Waals surface area contributed by atoms with Gasteiger partial charge in [0.1, 0.15) is 24.2 Å². The maximum atomic E-state index is 10.6. The highest BCUT2D eigenvalue weighted by Crippen LogP contribution is 2.42. The van der Waals surface area contributed by atoms with Crippen LogP contribution in [0.5, 0.6) is 11.5 Å². The van der Waals surface area contributed by atoms with Crippen LogP contribution in [0, 0.1) is 5.92 Å². The number of aliphatic hydroxyl groups is 1. The molecule has 0 saturated carbocycles. The normalized spacial score (nSPS) is 19.3. The summed E-state index contributed by atoms with van der Waals surface area (Å²) in [5, 5.41) is 11.4. The lowest BCUT2D eigenvalue weighted by molar-refractivity contribution is 0.0536. The number of hydrogen-bond donors (Lipinski definition) is 1. The van der Waals surface area contributed by atoms with Crippen LogP contribution < -0.4 is 9.47 Å². The summed E-state index contributed by atoms with van der Waals surface area (Å²) in [6.07, 6.45) is 5.57. The summed E-state index contributed by atoms with van der Waals surface area (Å²) in [6, 6.07) is 18.1. The van der Waals surface area contributed by atoms with Gasteiger partial charge in [-0.25, -0.2) is 0 Å². The predicted molar refractivity (Wildman–Crippen MR) is 139 cm³/mol. The molecule has 35 heavy (non-hydrogen) atoms. The summed E-state index contributed by atoms with van der Waals surface area (Å²) in [6.45, 7) is 2.83. The zero-order valence-electron chi connectivity index (χ0n) is 20.2. The second-order valence-electron chi connectivity index (χ2n) is 9.65. The fourth-order valence-electron chi connectivity index (χ4n) is 5.61. The first kappa shape index (κ1) is 24.1. The smallest absolute Gasteiger partial charge is 0.119 e. The Bertz CT molecular complexity index is 1130. The Balaban J connectivity index is 1.21. The van der Waals surface area contributed by atoms with Crippen LogP contribution in [-0.4, -0.2) is 54.4 Å². The molecule has 184 valence electrons. The van der Waals surface area contributed by atoms with Crippen LogP contribution in [0.25, 0.3) is 0 Å². The molecule has 1 aliphatic heterocycles. The summed E-state index contributed by atoms with van der Waals surface area (Å²) >= 11 is 6.36. The largest absolute Gasteiger partial charge is 0.497 e. The molecule has 2 aliphatic rings. The van der Waals surface area contributed by atoms with Crippen molar-refractivity contribution in [3.05, 3.63) is 88.2 Å². The van der Waals surface area contributed by atoms with E-state index in [2.05, 4.69) is 29.2 Å². The molecule has 1 saturated heterocycles. The summed E-state index contributed by atoms with van der Waals surface area (Å²) in [7, 11) is 1.64. The molecule has 1 aromatic heterocycles. The molecule has 0 radical (unpaired) electrons. The van der Waals surface area contributed by atoms with Crippen molar-refractivity contribution >= 4 is 11.6 Å². The van der Waals surface area contributed by atoms with Gasteiger partial charge in [0, 0.05) is 23.7 Å². The maximum absolute atomic E-state index is 10.6. The number of hydrogen-bond acceptors (Lipinski definition) is 5. The Morgan fingerprint density at radius 2 is 1.77 bits per heavy atom. The number of β-amino-alcohol motifs (C(OH)–C–C–N with tert-alkyl or cyclic N) is 1. The van der Waals surface area contributed by atoms with E-state index in [0.29, 0.717) is 18.4 Å². The van der Waals surface area contributed by atoms with E-state index < -0.39 is 6.10 Å². The van der Waals surface area contributed by atoms with Crippen LogP contribution in [0.3, 0.4) is 0 Å². The Hall–Kier alpha value is -2.60.